The van der Waals surface area contributed by atoms with Crippen LogP contribution in [-0.2, 0) is 9.53 Å². The lowest BCUT2D eigenvalue weighted by Gasteiger charge is -2.39. The van der Waals surface area contributed by atoms with Gasteiger partial charge in [0.05, 0.1) is 6.04 Å². The van der Waals surface area contributed by atoms with Crippen LogP contribution in [0.2, 0.25) is 0 Å². The molecule has 0 aromatic heterocycles. The number of hydrogen-bond acceptors (Lipinski definition) is 5. The summed E-state index contributed by atoms with van der Waals surface area (Å²) >= 11 is 0. The lowest BCUT2D eigenvalue weighted by Crippen LogP contribution is -2.53. The van der Waals surface area contributed by atoms with Crippen LogP contribution in [0.25, 0.3) is 0 Å². The predicted octanol–water partition coefficient (Wildman–Crippen LogP) is 3.07. The number of amides is 2. The van der Waals surface area contributed by atoms with Crippen LogP contribution >= 0.6 is 0 Å². The van der Waals surface area contributed by atoms with Crippen molar-refractivity contribution in [1.29, 1.82) is 0 Å². The summed E-state index contributed by atoms with van der Waals surface area (Å²) in [7, 11) is 1.74. The summed E-state index contributed by atoms with van der Waals surface area (Å²) in [5, 5.41) is 0. The molecule has 0 saturated carbocycles. The van der Waals surface area contributed by atoms with E-state index < -0.39 is 11.7 Å². The molecule has 7 nitrogen and oxygen atoms in total. The topological polar surface area (TPSA) is 68.3 Å². The Labute approximate surface area is 166 Å². The lowest BCUT2D eigenvalue weighted by atomic mass is 10.0. The van der Waals surface area contributed by atoms with Gasteiger partial charge in [0, 0.05) is 20.1 Å². The third kappa shape index (κ3) is 4.88. The number of benzene rings is 1. The van der Waals surface area contributed by atoms with Gasteiger partial charge in [-0.2, -0.15) is 0 Å². The Hall–Kier alpha value is -2.44. The van der Waals surface area contributed by atoms with E-state index in [0.717, 1.165) is 19.3 Å². The van der Waals surface area contributed by atoms with Gasteiger partial charge in [-0.3, -0.25) is 4.79 Å². The zero-order valence-electron chi connectivity index (χ0n) is 17.1. The van der Waals surface area contributed by atoms with Gasteiger partial charge in [-0.05, 0) is 52.2 Å². The summed E-state index contributed by atoms with van der Waals surface area (Å²) in [5.41, 5.74) is -0.540. The monoisotopic (exact) mass is 390 g/mol. The first-order valence-corrected chi connectivity index (χ1v) is 9.87. The molecule has 0 radical (unpaired) electrons. The Kier molecular flexibility index (Phi) is 6.01. The first-order valence-electron chi connectivity index (χ1n) is 9.87. The van der Waals surface area contributed by atoms with Crippen molar-refractivity contribution in [3.8, 4) is 11.5 Å². The maximum atomic E-state index is 12.9. The molecule has 2 heterocycles. The van der Waals surface area contributed by atoms with Crippen molar-refractivity contribution < 1.29 is 23.8 Å². The highest BCUT2D eigenvalue weighted by Gasteiger charge is 2.34. The number of nitrogens with zero attached hydrogens (tertiary/aromatic N) is 2. The summed E-state index contributed by atoms with van der Waals surface area (Å²) < 4.78 is 17.0. The van der Waals surface area contributed by atoms with E-state index in [0.29, 0.717) is 24.6 Å². The van der Waals surface area contributed by atoms with Crippen molar-refractivity contribution in [2.24, 2.45) is 0 Å². The standard InChI is InChI=1S/C21H30N2O5/c1-21(2,3)28-20(25)23-12-8-7-9-15(23)13-22(4)19(24)18-14-26-16-10-5-6-11-17(16)27-18/h5-6,10-11,15,18H,7-9,12-14H2,1-4H3/t15-,18+/m1/s1. The quantitative estimate of drug-likeness (QED) is 0.793. The maximum absolute atomic E-state index is 12.9. The van der Waals surface area contributed by atoms with Gasteiger partial charge in [-0.25, -0.2) is 4.79 Å². The first-order chi connectivity index (χ1) is 13.2. The van der Waals surface area contributed by atoms with Gasteiger partial charge >= 0.3 is 6.09 Å². The highest BCUT2D eigenvalue weighted by Crippen LogP contribution is 2.31. The summed E-state index contributed by atoms with van der Waals surface area (Å²) in [6.07, 6.45) is 1.83. The van der Waals surface area contributed by atoms with E-state index >= 15 is 0 Å². The maximum Gasteiger partial charge on any atom is 0.410 e. The van der Waals surface area contributed by atoms with E-state index in [1.165, 1.54) is 0 Å². The number of carbonyl (C=O) groups excluding carboxylic acids is 2. The highest BCUT2D eigenvalue weighted by molar-refractivity contribution is 5.81. The summed E-state index contributed by atoms with van der Waals surface area (Å²) in [6, 6.07) is 7.26. The molecule has 2 amide bonds. The first kappa shape index (κ1) is 20.3. The molecule has 0 aliphatic carbocycles. The minimum absolute atomic E-state index is 0.0608. The lowest BCUT2D eigenvalue weighted by molar-refractivity contribution is -0.140. The number of rotatable bonds is 3. The van der Waals surface area contributed by atoms with E-state index in [9.17, 15) is 9.59 Å². The fourth-order valence-electron chi connectivity index (χ4n) is 3.54. The van der Waals surface area contributed by atoms with E-state index in [1.807, 2.05) is 39.0 Å². The zero-order chi connectivity index (χ0) is 20.3. The molecular formula is C21H30N2O5. The number of para-hydroxylation sites is 2. The van der Waals surface area contributed by atoms with Crippen LogP contribution in [0.1, 0.15) is 40.0 Å². The number of likely N-dealkylation sites (tertiary alicyclic amines) is 1. The van der Waals surface area contributed by atoms with Crippen LogP contribution in [0.4, 0.5) is 4.79 Å². The van der Waals surface area contributed by atoms with Crippen molar-refractivity contribution in [2.75, 3.05) is 26.7 Å². The molecule has 1 aromatic rings. The van der Waals surface area contributed by atoms with Gasteiger partial charge in [0.2, 0.25) is 6.10 Å². The Morgan fingerprint density at radius 3 is 2.64 bits per heavy atom. The molecule has 154 valence electrons. The molecule has 1 saturated heterocycles. The van der Waals surface area contributed by atoms with Crippen molar-refractivity contribution in [1.82, 2.24) is 9.80 Å². The fourth-order valence-corrected chi connectivity index (χ4v) is 3.54. The Balaban J connectivity index is 1.61. The molecule has 0 spiro atoms. The van der Waals surface area contributed by atoms with Crippen molar-refractivity contribution in [3.63, 3.8) is 0 Å². The summed E-state index contributed by atoms with van der Waals surface area (Å²) in [5.74, 6) is 1.08. The van der Waals surface area contributed by atoms with Gasteiger partial charge in [0.1, 0.15) is 12.2 Å². The molecule has 3 rings (SSSR count). The fraction of sp³-hybridized carbons (Fsp3) is 0.619. The molecule has 0 N–H and O–H groups in total. The second kappa shape index (κ2) is 8.29. The minimum atomic E-state index is -0.682. The Morgan fingerprint density at radius 2 is 1.93 bits per heavy atom. The van der Waals surface area contributed by atoms with Gasteiger partial charge in [-0.1, -0.05) is 12.1 Å². The number of fused-ring (bicyclic) bond motifs is 1. The number of ether oxygens (including phenoxy) is 3. The van der Waals surface area contributed by atoms with Crippen LogP contribution < -0.4 is 9.47 Å². The number of hydrogen-bond donors (Lipinski definition) is 0. The number of carbonyl (C=O) groups is 2. The third-order valence-electron chi connectivity index (χ3n) is 4.90. The van der Waals surface area contributed by atoms with E-state index in [2.05, 4.69) is 0 Å². The van der Waals surface area contributed by atoms with Crippen LogP contribution in [0.3, 0.4) is 0 Å². The summed E-state index contributed by atoms with van der Waals surface area (Å²) in [6.45, 7) is 6.85. The average Bonchev–Trinajstić information content (AvgIpc) is 2.66. The zero-order valence-corrected chi connectivity index (χ0v) is 17.1. The van der Waals surface area contributed by atoms with E-state index in [-0.39, 0.29) is 24.6 Å². The molecule has 1 aromatic carbocycles. The second-order valence-electron chi connectivity index (χ2n) is 8.41. The molecule has 2 aliphatic heterocycles. The Morgan fingerprint density at radius 1 is 1.21 bits per heavy atom. The molecular weight excluding hydrogens is 360 g/mol. The van der Waals surface area contributed by atoms with E-state index in [4.69, 9.17) is 14.2 Å². The van der Waals surface area contributed by atoms with Gasteiger partial charge in [0.15, 0.2) is 11.5 Å². The highest BCUT2D eigenvalue weighted by atomic mass is 16.6. The predicted molar refractivity (Wildman–Crippen MR) is 105 cm³/mol. The van der Waals surface area contributed by atoms with Gasteiger partial charge in [0.25, 0.3) is 5.91 Å². The summed E-state index contributed by atoms with van der Waals surface area (Å²) in [4.78, 5) is 28.8. The normalized spacial score (nSPS) is 21.8. The molecule has 2 aliphatic rings. The average molecular weight is 390 g/mol. The molecule has 0 bridgehead atoms. The molecule has 28 heavy (non-hydrogen) atoms. The van der Waals surface area contributed by atoms with Crippen molar-refractivity contribution in [2.45, 2.75) is 57.8 Å². The van der Waals surface area contributed by atoms with E-state index in [1.54, 1.807) is 22.9 Å². The van der Waals surface area contributed by atoms with Crippen molar-refractivity contribution >= 4 is 12.0 Å². The smallest absolute Gasteiger partial charge is 0.410 e. The molecule has 7 heteroatoms. The molecule has 2 atom stereocenters. The van der Waals surface area contributed by atoms with Crippen molar-refractivity contribution in [3.05, 3.63) is 24.3 Å². The van der Waals surface area contributed by atoms with Crippen LogP contribution in [0.15, 0.2) is 24.3 Å². The Bertz CT molecular complexity index is 715. The number of piperidine rings is 1. The minimum Gasteiger partial charge on any atom is -0.485 e. The molecule has 1 fully saturated rings. The third-order valence-corrected chi connectivity index (χ3v) is 4.90. The van der Waals surface area contributed by atoms with Gasteiger partial charge < -0.3 is 24.0 Å². The second-order valence-corrected chi connectivity index (χ2v) is 8.41. The molecule has 0 unspecified atom stereocenters. The van der Waals surface area contributed by atoms with Gasteiger partial charge in [-0.15, -0.1) is 0 Å². The van der Waals surface area contributed by atoms with Crippen LogP contribution in [0.5, 0.6) is 11.5 Å². The number of likely N-dealkylation sites (N-methyl/N-ethyl adjacent to an activating group) is 1. The largest absolute Gasteiger partial charge is 0.485 e. The van der Waals surface area contributed by atoms with Crippen LogP contribution in [-0.4, -0.2) is 66.3 Å². The van der Waals surface area contributed by atoms with Crippen LogP contribution in [0, 0.1) is 0 Å². The SMILES string of the molecule is CN(C[C@H]1CCCCN1C(=O)OC(C)(C)C)C(=O)[C@@H]1COc2ccccc2O1.